The fourth-order valence-corrected chi connectivity index (χ4v) is 3.26. The molecule has 0 bridgehead atoms. The number of halogens is 1. The number of amides is 2. The molecule has 0 aliphatic carbocycles. The minimum atomic E-state index is -0.659. The largest absolute Gasteiger partial charge is 0.504 e. The lowest BCUT2D eigenvalue weighted by Crippen LogP contribution is -2.34. The number of phenols is 1. The van der Waals surface area contributed by atoms with Gasteiger partial charge in [0.25, 0.3) is 11.1 Å². The van der Waals surface area contributed by atoms with Crippen molar-refractivity contribution in [3.63, 3.8) is 0 Å². The standard InChI is InChI=1S/C15H14BrNO6S/c1-3-23-12(18)7-17-14(20)11(24-15(17)21)5-8-4-9(16)6-10(22-2)13(8)19/h4-6,19H,3,7H2,1-2H3/b11-5-. The SMILES string of the molecule is CCOC(=O)CN1C(=O)S/C(=C\c2cc(Br)cc(OC)c2O)C1=O. The third kappa shape index (κ3) is 3.90. The number of rotatable bonds is 5. The van der Waals surface area contributed by atoms with Crippen LogP contribution in [0.3, 0.4) is 0 Å². The molecule has 0 aromatic heterocycles. The van der Waals surface area contributed by atoms with Crippen molar-refractivity contribution >= 4 is 50.9 Å². The van der Waals surface area contributed by atoms with E-state index in [0.29, 0.717) is 21.8 Å². The Morgan fingerprint density at radius 1 is 1.42 bits per heavy atom. The number of ether oxygens (including phenoxy) is 2. The summed E-state index contributed by atoms with van der Waals surface area (Å²) < 4.78 is 10.4. The van der Waals surface area contributed by atoms with Crippen molar-refractivity contribution < 1.29 is 29.0 Å². The van der Waals surface area contributed by atoms with Crippen LogP contribution in [-0.2, 0) is 14.3 Å². The van der Waals surface area contributed by atoms with Crippen LogP contribution >= 0.6 is 27.7 Å². The number of thioether (sulfide) groups is 1. The number of hydrogen-bond acceptors (Lipinski definition) is 7. The number of carbonyl (C=O) groups is 3. The van der Waals surface area contributed by atoms with Crippen molar-refractivity contribution in [2.24, 2.45) is 0 Å². The van der Waals surface area contributed by atoms with Gasteiger partial charge in [0.2, 0.25) is 0 Å². The van der Waals surface area contributed by atoms with Gasteiger partial charge < -0.3 is 14.6 Å². The first-order chi connectivity index (χ1) is 11.4. The fourth-order valence-electron chi connectivity index (χ4n) is 1.97. The summed E-state index contributed by atoms with van der Waals surface area (Å²) in [5.41, 5.74) is 0.308. The maximum atomic E-state index is 12.3. The smallest absolute Gasteiger partial charge is 0.326 e. The summed E-state index contributed by atoms with van der Waals surface area (Å²) in [6.07, 6.45) is 1.37. The number of nitrogens with zero attached hydrogens (tertiary/aromatic N) is 1. The van der Waals surface area contributed by atoms with E-state index in [9.17, 15) is 19.5 Å². The summed E-state index contributed by atoms with van der Waals surface area (Å²) in [7, 11) is 1.40. The van der Waals surface area contributed by atoms with Crippen LogP contribution < -0.4 is 4.74 Å². The van der Waals surface area contributed by atoms with Crippen LogP contribution in [0.2, 0.25) is 0 Å². The lowest BCUT2D eigenvalue weighted by atomic mass is 10.1. The molecule has 2 amide bonds. The molecule has 9 heteroatoms. The molecule has 24 heavy (non-hydrogen) atoms. The molecule has 0 radical (unpaired) electrons. The zero-order valence-corrected chi connectivity index (χ0v) is 15.3. The van der Waals surface area contributed by atoms with E-state index in [1.165, 1.54) is 13.2 Å². The Labute approximate surface area is 150 Å². The van der Waals surface area contributed by atoms with Gasteiger partial charge in [0.15, 0.2) is 11.5 Å². The van der Waals surface area contributed by atoms with Crippen LogP contribution in [0.4, 0.5) is 4.79 Å². The monoisotopic (exact) mass is 415 g/mol. The average molecular weight is 416 g/mol. The molecule has 1 fully saturated rings. The van der Waals surface area contributed by atoms with E-state index in [1.54, 1.807) is 19.1 Å². The van der Waals surface area contributed by atoms with Gasteiger partial charge in [0.05, 0.1) is 18.6 Å². The highest BCUT2D eigenvalue weighted by Gasteiger charge is 2.36. The van der Waals surface area contributed by atoms with Gasteiger partial charge in [-0.05, 0) is 36.9 Å². The van der Waals surface area contributed by atoms with E-state index in [2.05, 4.69) is 15.9 Å². The topological polar surface area (TPSA) is 93.1 Å². The molecule has 0 unspecified atom stereocenters. The number of aromatic hydroxyl groups is 1. The second kappa shape index (κ2) is 7.71. The molecule has 0 spiro atoms. The van der Waals surface area contributed by atoms with Crippen molar-refractivity contribution in [3.8, 4) is 11.5 Å². The van der Waals surface area contributed by atoms with E-state index in [0.717, 1.165) is 4.90 Å². The van der Waals surface area contributed by atoms with Crippen LogP contribution in [0, 0.1) is 0 Å². The minimum Gasteiger partial charge on any atom is -0.504 e. The highest BCUT2D eigenvalue weighted by Crippen LogP contribution is 2.38. The van der Waals surface area contributed by atoms with Crippen molar-refractivity contribution in [3.05, 3.63) is 27.1 Å². The molecule has 1 aromatic rings. The molecule has 1 aliphatic rings. The Balaban J connectivity index is 2.29. The third-order valence-corrected chi connectivity index (χ3v) is 4.41. The van der Waals surface area contributed by atoms with Gasteiger partial charge in [-0.2, -0.15) is 0 Å². The van der Waals surface area contributed by atoms with Gasteiger partial charge in [-0.15, -0.1) is 0 Å². The van der Waals surface area contributed by atoms with Crippen molar-refractivity contribution in [1.82, 2.24) is 4.90 Å². The number of imide groups is 1. The van der Waals surface area contributed by atoms with Gasteiger partial charge in [-0.25, -0.2) is 0 Å². The lowest BCUT2D eigenvalue weighted by Gasteiger charge is -2.11. The molecule has 1 aliphatic heterocycles. The van der Waals surface area contributed by atoms with Crippen molar-refractivity contribution in [1.29, 1.82) is 0 Å². The molecule has 1 saturated heterocycles. The predicted octanol–water partition coefficient (Wildman–Crippen LogP) is 2.76. The molecule has 0 atom stereocenters. The number of benzene rings is 1. The average Bonchev–Trinajstić information content (AvgIpc) is 2.78. The van der Waals surface area contributed by atoms with Gasteiger partial charge in [0, 0.05) is 10.0 Å². The Morgan fingerprint density at radius 3 is 2.75 bits per heavy atom. The maximum Gasteiger partial charge on any atom is 0.326 e. The molecule has 128 valence electrons. The molecular formula is C15H14BrNO6S. The normalized spacial score (nSPS) is 16.0. The van der Waals surface area contributed by atoms with Crippen molar-refractivity contribution in [2.75, 3.05) is 20.3 Å². The Bertz CT molecular complexity index is 733. The number of carbonyl (C=O) groups excluding carboxylic acids is 3. The summed E-state index contributed by atoms with van der Waals surface area (Å²) in [4.78, 5) is 36.6. The van der Waals surface area contributed by atoms with E-state index >= 15 is 0 Å². The molecular weight excluding hydrogens is 402 g/mol. The van der Waals surface area contributed by atoms with Gasteiger partial charge in [-0.3, -0.25) is 19.3 Å². The summed E-state index contributed by atoms with van der Waals surface area (Å²) in [5.74, 6) is -1.20. The second-order valence-electron chi connectivity index (χ2n) is 4.62. The van der Waals surface area contributed by atoms with Crippen LogP contribution in [0.15, 0.2) is 21.5 Å². The number of phenolic OH excluding ortho intramolecular Hbond substituents is 1. The van der Waals surface area contributed by atoms with Crippen LogP contribution in [0.1, 0.15) is 12.5 Å². The molecule has 1 heterocycles. The van der Waals surface area contributed by atoms with Crippen molar-refractivity contribution in [2.45, 2.75) is 6.92 Å². The minimum absolute atomic E-state index is 0.0970. The van der Waals surface area contributed by atoms with E-state index in [-0.39, 0.29) is 23.0 Å². The third-order valence-electron chi connectivity index (χ3n) is 3.04. The van der Waals surface area contributed by atoms with Gasteiger partial charge in [-0.1, -0.05) is 15.9 Å². The highest BCUT2D eigenvalue weighted by atomic mass is 79.9. The maximum absolute atomic E-state index is 12.3. The van der Waals surface area contributed by atoms with Crippen LogP contribution in [0.5, 0.6) is 11.5 Å². The van der Waals surface area contributed by atoms with E-state index in [4.69, 9.17) is 9.47 Å². The van der Waals surface area contributed by atoms with Gasteiger partial charge in [0.1, 0.15) is 6.54 Å². The summed E-state index contributed by atoms with van der Waals surface area (Å²) >= 11 is 3.96. The quantitative estimate of drug-likeness (QED) is 0.583. The predicted molar refractivity (Wildman–Crippen MR) is 91.7 cm³/mol. The Kier molecular flexibility index (Phi) is 5.89. The summed E-state index contributed by atoms with van der Waals surface area (Å²) in [5, 5.41) is 9.55. The number of hydrogen-bond donors (Lipinski definition) is 1. The Morgan fingerprint density at radius 2 is 2.12 bits per heavy atom. The first kappa shape index (κ1) is 18.3. The van der Waals surface area contributed by atoms with E-state index in [1.807, 2.05) is 0 Å². The first-order valence-corrected chi connectivity index (χ1v) is 8.45. The Hall–Kier alpha value is -2.00. The number of methoxy groups -OCH3 is 1. The van der Waals surface area contributed by atoms with Crippen LogP contribution in [0.25, 0.3) is 6.08 Å². The van der Waals surface area contributed by atoms with Gasteiger partial charge >= 0.3 is 5.97 Å². The highest BCUT2D eigenvalue weighted by molar-refractivity contribution is 9.10. The number of esters is 1. The fraction of sp³-hybridized carbons (Fsp3) is 0.267. The van der Waals surface area contributed by atoms with Crippen LogP contribution in [-0.4, -0.2) is 47.4 Å². The zero-order valence-electron chi connectivity index (χ0n) is 12.9. The summed E-state index contributed by atoms with van der Waals surface area (Å²) in [6.45, 7) is 1.36. The summed E-state index contributed by atoms with van der Waals surface area (Å²) in [6, 6.07) is 3.15. The second-order valence-corrected chi connectivity index (χ2v) is 6.53. The lowest BCUT2D eigenvalue weighted by molar-refractivity contribution is -0.145. The molecule has 0 saturated carbocycles. The molecule has 1 N–H and O–H groups in total. The molecule has 1 aromatic carbocycles. The zero-order chi connectivity index (χ0) is 17.9. The molecule has 7 nitrogen and oxygen atoms in total. The molecule has 2 rings (SSSR count). The first-order valence-electron chi connectivity index (χ1n) is 6.84. The van der Waals surface area contributed by atoms with E-state index < -0.39 is 23.7 Å².